The average Bonchev–Trinajstić information content (AvgIpc) is 2.87. The van der Waals surface area contributed by atoms with Crippen LogP contribution in [0, 0.1) is 0 Å². The fourth-order valence-corrected chi connectivity index (χ4v) is 3.93. The molecule has 0 aliphatic carbocycles. The Morgan fingerprint density at radius 2 is 1.83 bits per heavy atom. The summed E-state index contributed by atoms with van der Waals surface area (Å²) in [6, 6.07) is 15.8. The maximum atomic E-state index is 13.6. The quantitative estimate of drug-likeness (QED) is 0.317. The van der Waals surface area contributed by atoms with Crippen molar-refractivity contribution in [1.29, 1.82) is 0 Å². The maximum Gasteiger partial charge on any atom is 0.280 e. The van der Waals surface area contributed by atoms with Crippen LogP contribution in [0.3, 0.4) is 0 Å². The monoisotopic (exact) mass is 526 g/mol. The third-order valence-corrected chi connectivity index (χ3v) is 6.19. The Kier molecular flexibility index (Phi) is 7.73. The highest BCUT2D eigenvalue weighted by Gasteiger charge is 2.19. The molecule has 2 heterocycles. The molecule has 9 nitrogen and oxygen atoms in total. The molecule has 1 unspecified atom stereocenters. The van der Waals surface area contributed by atoms with Gasteiger partial charge in [-0.3, -0.25) is 14.2 Å². The molecule has 4 aromatic rings. The van der Waals surface area contributed by atoms with Crippen LogP contribution in [0.15, 0.2) is 59.4 Å². The van der Waals surface area contributed by atoms with E-state index >= 15 is 0 Å². The van der Waals surface area contributed by atoms with Crippen molar-refractivity contribution in [3.63, 3.8) is 0 Å². The Morgan fingerprint density at radius 1 is 1.08 bits per heavy atom. The lowest BCUT2D eigenvalue weighted by Crippen LogP contribution is -2.40. The molecule has 186 valence electrons. The highest BCUT2D eigenvalue weighted by atomic mass is 35.5. The van der Waals surface area contributed by atoms with Gasteiger partial charge in [0.1, 0.15) is 28.9 Å². The lowest BCUT2D eigenvalue weighted by molar-refractivity contribution is -0.119. The summed E-state index contributed by atoms with van der Waals surface area (Å²) >= 11 is 12.1. The van der Waals surface area contributed by atoms with Crippen LogP contribution in [0.1, 0.15) is 18.7 Å². The minimum absolute atomic E-state index is 0.0407. The van der Waals surface area contributed by atoms with Crippen molar-refractivity contribution in [3.05, 3.63) is 80.6 Å². The van der Waals surface area contributed by atoms with E-state index in [1.807, 2.05) is 6.07 Å². The number of rotatable bonds is 8. The van der Waals surface area contributed by atoms with Crippen LogP contribution in [0.4, 0.5) is 5.82 Å². The second-order valence-corrected chi connectivity index (χ2v) is 8.82. The van der Waals surface area contributed by atoms with Crippen molar-refractivity contribution in [2.24, 2.45) is 5.73 Å². The second kappa shape index (κ2) is 10.9. The van der Waals surface area contributed by atoms with Gasteiger partial charge in [0, 0.05) is 19.0 Å². The molecular formula is C25H24Cl2N6O3. The van der Waals surface area contributed by atoms with Gasteiger partial charge in [0.2, 0.25) is 5.91 Å². The van der Waals surface area contributed by atoms with Crippen molar-refractivity contribution in [2.45, 2.75) is 19.6 Å². The number of ether oxygens (including phenoxy) is 1. The number of carbonyl (C=O) groups is 1. The second-order valence-electron chi connectivity index (χ2n) is 8.01. The van der Waals surface area contributed by atoms with E-state index in [0.717, 1.165) is 5.56 Å². The molecule has 4 N–H and O–H groups in total. The lowest BCUT2D eigenvalue weighted by Gasteiger charge is -2.19. The van der Waals surface area contributed by atoms with Gasteiger partial charge < -0.3 is 21.1 Å². The molecule has 1 amide bonds. The summed E-state index contributed by atoms with van der Waals surface area (Å²) in [7, 11) is 1.57. The zero-order valence-electron chi connectivity index (χ0n) is 19.6. The van der Waals surface area contributed by atoms with Crippen molar-refractivity contribution in [3.8, 4) is 17.0 Å². The third-order valence-electron chi connectivity index (χ3n) is 5.45. The first-order valence-electron chi connectivity index (χ1n) is 11.0. The number of pyridine rings is 1. The fraction of sp³-hybridized carbons (Fsp3) is 0.200. The standard InChI is InChI=1S/C25H24Cl2N6O3/c1-14(34)29-13-21(28)33-24-20(31-23(25(33)35)16-4-6-17(36-2)7-5-16)9-10-22(32-24)30-12-15-3-8-18(26)19(27)11-15/h3-11,21H,12-13,28H2,1-2H3,(H,29,34)(H,30,32). The highest BCUT2D eigenvalue weighted by molar-refractivity contribution is 6.42. The van der Waals surface area contributed by atoms with E-state index < -0.39 is 11.7 Å². The fourth-order valence-electron chi connectivity index (χ4n) is 3.61. The molecule has 11 heteroatoms. The van der Waals surface area contributed by atoms with Gasteiger partial charge in [0.05, 0.1) is 23.7 Å². The van der Waals surface area contributed by atoms with Crippen LogP contribution < -0.4 is 26.7 Å². The summed E-state index contributed by atoms with van der Waals surface area (Å²) in [6.07, 6.45) is -0.873. The number of amides is 1. The SMILES string of the molecule is COc1ccc(-c2nc3ccc(NCc4ccc(Cl)c(Cl)c4)nc3n(C(N)CNC(C)=O)c2=O)cc1. The molecule has 0 aliphatic rings. The summed E-state index contributed by atoms with van der Waals surface area (Å²) < 4.78 is 6.56. The molecule has 2 aromatic heterocycles. The molecule has 2 aromatic carbocycles. The van der Waals surface area contributed by atoms with Gasteiger partial charge in [-0.25, -0.2) is 9.97 Å². The van der Waals surface area contributed by atoms with E-state index in [0.29, 0.717) is 39.2 Å². The van der Waals surface area contributed by atoms with Crippen LogP contribution in [-0.4, -0.2) is 34.1 Å². The van der Waals surface area contributed by atoms with Gasteiger partial charge in [-0.2, -0.15) is 0 Å². The van der Waals surface area contributed by atoms with E-state index in [-0.39, 0.29) is 23.8 Å². The summed E-state index contributed by atoms with van der Waals surface area (Å²) in [5.74, 6) is 0.901. The number of nitrogens with zero attached hydrogens (tertiary/aromatic N) is 3. The number of benzene rings is 2. The normalized spacial score (nSPS) is 11.8. The van der Waals surface area contributed by atoms with Crippen molar-refractivity contribution in [1.82, 2.24) is 19.9 Å². The number of fused-ring (bicyclic) bond motifs is 1. The number of nitrogens with two attached hydrogens (primary N) is 1. The van der Waals surface area contributed by atoms with Gasteiger partial charge in [0.25, 0.3) is 5.56 Å². The van der Waals surface area contributed by atoms with Crippen molar-refractivity contribution >= 4 is 46.1 Å². The molecule has 0 bridgehead atoms. The summed E-state index contributed by atoms with van der Waals surface area (Å²) in [5, 5.41) is 6.79. The number of aromatic nitrogens is 3. The first kappa shape index (κ1) is 25.4. The molecule has 0 fully saturated rings. The Hall–Kier alpha value is -3.66. The molecule has 0 spiro atoms. The molecule has 4 rings (SSSR count). The van der Waals surface area contributed by atoms with Crippen molar-refractivity contribution < 1.29 is 9.53 Å². The van der Waals surface area contributed by atoms with Gasteiger partial charge >= 0.3 is 0 Å². The van der Waals surface area contributed by atoms with E-state index in [2.05, 4.69) is 20.6 Å². The summed E-state index contributed by atoms with van der Waals surface area (Å²) in [5.41, 5.74) is 8.40. The number of methoxy groups -OCH3 is 1. The average molecular weight is 527 g/mol. The predicted octanol–water partition coefficient (Wildman–Crippen LogP) is 3.98. The lowest BCUT2D eigenvalue weighted by atomic mass is 10.1. The molecule has 36 heavy (non-hydrogen) atoms. The van der Waals surface area contributed by atoms with E-state index in [9.17, 15) is 9.59 Å². The molecule has 1 atom stereocenters. The zero-order valence-corrected chi connectivity index (χ0v) is 21.1. The van der Waals surface area contributed by atoms with E-state index in [1.165, 1.54) is 11.5 Å². The maximum absolute atomic E-state index is 13.6. The Bertz CT molecular complexity index is 1470. The van der Waals surface area contributed by atoms with Crippen LogP contribution in [0.2, 0.25) is 10.0 Å². The van der Waals surface area contributed by atoms with E-state index in [4.69, 9.17) is 33.7 Å². The zero-order chi connectivity index (χ0) is 25.8. The highest BCUT2D eigenvalue weighted by Crippen LogP contribution is 2.24. The number of hydrogen-bond donors (Lipinski definition) is 3. The van der Waals surface area contributed by atoms with Crippen LogP contribution >= 0.6 is 23.2 Å². The molecule has 0 aliphatic heterocycles. The summed E-state index contributed by atoms with van der Waals surface area (Å²) in [6.45, 7) is 1.85. The minimum Gasteiger partial charge on any atom is -0.497 e. The van der Waals surface area contributed by atoms with Gasteiger partial charge in [0.15, 0.2) is 5.65 Å². The van der Waals surface area contributed by atoms with E-state index in [1.54, 1.807) is 55.6 Å². The topological polar surface area (TPSA) is 124 Å². The van der Waals surface area contributed by atoms with Gasteiger partial charge in [-0.05, 0) is 54.1 Å². The molecule has 0 radical (unpaired) electrons. The number of halogens is 2. The Morgan fingerprint density at radius 3 is 2.50 bits per heavy atom. The number of anilines is 1. The van der Waals surface area contributed by atoms with Crippen LogP contribution in [-0.2, 0) is 11.3 Å². The molecule has 0 saturated carbocycles. The van der Waals surface area contributed by atoms with Crippen molar-refractivity contribution in [2.75, 3.05) is 19.0 Å². The van der Waals surface area contributed by atoms with Crippen LogP contribution in [0.5, 0.6) is 5.75 Å². The predicted molar refractivity (Wildman–Crippen MR) is 141 cm³/mol. The minimum atomic E-state index is -0.873. The first-order valence-corrected chi connectivity index (χ1v) is 11.8. The smallest absolute Gasteiger partial charge is 0.280 e. The van der Waals surface area contributed by atoms with Gasteiger partial charge in [-0.1, -0.05) is 29.3 Å². The van der Waals surface area contributed by atoms with Crippen LogP contribution in [0.25, 0.3) is 22.4 Å². The van der Waals surface area contributed by atoms with Gasteiger partial charge in [-0.15, -0.1) is 0 Å². The molecular weight excluding hydrogens is 503 g/mol. The molecule has 0 saturated heterocycles. The number of hydrogen-bond acceptors (Lipinski definition) is 7. The largest absolute Gasteiger partial charge is 0.497 e. The first-order chi connectivity index (χ1) is 17.3. The Balaban J connectivity index is 1.76. The third kappa shape index (κ3) is 5.59. The summed E-state index contributed by atoms with van der Waals surface area (Å²) in [4.78, 5) is 34.2. The number of nitrogens with one attached hydrogen (secondary N) is 2. The Labute approximate surface area is 217 Å². The number of carbonyl (C=O) groups excluding carboxylic acids is 1.